The summed E-state index contributed by atoms with van der Waals surface area (Å²) < 4.78 is 65.6. The molecule has 0 unspecified atom stereocenters. The molecular weight excluding hydrogens is 353 g/mol. The molecule has 0 aliphatic heterocycles. The number of alkyl halides is 3. The number of aromatic nitrogens is 1. The summed E-state index contributed by atoms with van der Waals surface area (Å²) in [6.45, 7) is 0. The van der Waals surface area contributed by atoms with E-state index in [2.05, 4.69) is 14.4 Å². The standard InChI is InChI=1S/C10H6ClF3N2O3S2/c11-9-15-5-8(20-9)21(17,18)16-6-1-3-7(4-2-6)19-10(12,13)14/h1-5,16H. The SMILES string of the molecule is O=S(=O)(Nc1ccc(OC(F)(F)F)cc1)c1cnc(Cl)s1. The van der Waals surface area contributed by atoms with Gasteiger partial charge in [-0.3, -0.25) is 4.72 Å². The van der Waals surface area contributed by atoms with Gasteiger partial charge in [0.05, 0.1) is 6.20 Å². The lowest BCUT2D eigenvalue weighted by Gasteiger charge is -2.10. The molecule has 1 N–H and O–H groups in total. The lowest BCUT2D eigenvalue weighted by molar-refractivity contribution is -0.274. The van der Waals surface area contributed by atoms with E-state index in [1.54, 1.807) is 0 Å². The van der Waals surface area contributed by atoms with E-state index in [0.29, 0.717) is 0 Å². The Hall–Kier alpha value is -1.52. The van der Waals surface area contributed by atoms with Crippen LogP contribution in [-0.4, -0.2) is 19.8 Å². The number of halogens is 4. The van der Waals surface area contributed by atoms with Crippen LogP contribution in [0.5, 0.6) is 5.75 Å². The van der Waals surface area contributed by atoms with Crippen LogP contribution in [0.2, 0.25) is 4.47 Å². The average molecular weight is 359 g/mol. The molecule has 21 heavy (non-hydrogen) atoms. The fourth-order valence-corrected chi connectivity index (χ4v) is 3.64. The van der Waals surface area contributed by atoms with Crippen molar-refractivity contribution in [2.45, 2.75) is 10.6 Å². The van der Waals surface area contributed by atoms with Crippen LogP contribution >= 0.6 is 22.9 Å². The summed E-state index contributed by atoms with van der Waals surface area (Å²) in [5, 5.41) is 0. The zero-order chi connectivity index (χ0) is 15.7. The second-order valence-electron chi connectivity index (χ2n) is 3.61. The Morgan fingerprint density at radius 1 is 1.24 bits per heavy atom. The Labute approximate surface area is 126 Å². The van der Waals surface area contributed by atoms with Crippen molar-refractivity contribution < 1.29 is 26.3 Å². The first-order valence-electron chi connectivity index (χ1n) is 5.16. The maximum atomic E-state index is 12.0. The molecule has 0 radical (unpaired) electrons. The van der Waals surface area contributed by atoms with Gasteiger partial charge in [0.15, 0.2) is 8.68 Å². The van der Waals surface area contributed by atoms with Gasteiger partial charge >= 0.3 is 6.36 Å². The highest BCUT2D eigenvalue weighted by molar-refractivity contribution is 7.94. The third kappa shape index (κ3) is 4.48. The highest BCUT2D eigenvalue weighted by atomic mass is 35.5. The molecule has 0 bridgehead atoms. The third-order valence-corrected chi connectivity index (χ3v) is 5.02. The van der Waals surface area contributed by atoms with Gasteiger partial charge in [-0.15, -0.1) is 13.2 Å². The largest absolute Gasteiger partial charge is 0.573 e. The van der Waals surface area contributed by atoms with Crippen molar-refractivity contribution in [1.29, 1.82) is 0 Å². The van der Waals surface area contributed by atoms with E-state index >= 15 is 0 Å². The van der Waals surface area contributed by atoms with Crippen LogP contribution in [0.15, 0.2) is 34.7 Å². The van der Waals surface area contributed by atoms with Gasteiger partial charge in [-0.2, -0.15) is 0 Å². The topological polar surface area (TPSA) is 68.3 Å². The van der Waals surface area contributed by atoms with E-state index in [9.17, 15) is 21.6 Å². The minimum atomic E-state index is -4.81. The molecule has 1 aromatic heterocycles. The highest BCUT2D eigenvalue weighted by Crippen LogP contribution is 2.27. The van der Waals surface area contributed by atoms with Crippen LogP contribution in [-0.2, 0) is 10.0 Å². The zero-order valence-corrected chi connectivity index (χ0v) is 12.3. The summed E-state index contributed by atoms with van der Waals surface area (Å²) in [6.07, 6.45) is -3.73. The first-order chi connectivity index (χ1) is 9.66. The van der Waals surface area contributed by atoms with E-state index < -0.39 is 22.1 Å². The monoisotopic (exact) mass is 358 g/mol. The molecule has 2 aromatic rings. The zero-order valence-electron chi connectivity index (χ0n) is 9.89. The van der Waals surface area contributed by atoms with Gasteiger partial charge in [0.1, 0.15) is 5.75 Å². The number of sulfonamides is 1. The number of benzene rings is 1. The number of hydrogen-bond donors (Lipinski definition) is 1. The van der Waals surface area contributed by atoms with Crippen molar-refractivity contribution in [2.24, 2.45) is 0 Å². The van der Waals surface area contributed by atoms with Crippen molar-refractivity contribution >= 4 is 38.6 Å². The van der Waals surface area contributed by atoms with E-state index in [4.69, 9.17) is 11.6 Å². The van der Waals surface area contributed by atoms with Crippen LogP contribution in [0, 0.1) is 0 Å². The smallest absolute Gasteiger partial charge is 0.406 e. The van der Waals surface area contributed by atoms with Crippen LogP contribution in [0.4, 0.5) is 18.9 Å². The molecule has 0 spiro atoms. The quantitative estimate of drug-likeness (QED) is 0.908. The van der Waals surface area contributed by atoms with Crippen molar-refractivity contribution in [3.05, 3.63) is 34.9 Å². The summed E-state index contributed by atoms with van der Waals surface area (Å²) in [7, 11) is -3.88. The van der Waals surface area contributed by atoms with Gasteiger partial charge in [-0.25, -0.2) is 13.4 Å². The lowest BCUT2D eigenvalue weighted by atomic mass is 10.3. The minimum absolute atomic E-state index is 0.0595. The molecule has 0 aliphatic carbocycles. The maximum Gasteiger partial charge on any atom is 0.573 e. The van der Waals surface area contributed by atoms with E-state index in [1.807, 2.05) is 0 Å². The van der Waals surface area contributed by atoms with Gasteiger partial charge in [0, 0.05) is 5.69 Å². The Bertz CT molecular complexity index is 729. The predicted molar refractivity (Wildman–Crippen MR) is 71.1 cm³/mol. The van der Waals surface area contributed by atoms with E-state index in [-0.39, 0.29) is 14.4 Å². The van der Waals surface area contributed by atoms with Crippen LogP contribution in [0.1, 0.15) is 0 Å². The second-order valence-corrected chi connectivity index (χ2v) is 7.13. The molecule has 0 saturated carbocycles. The summed E-state index contributed by atoms with van der Waals surface area (Å²) in [5.74, 6) is -0.453. The van der Waals surface area contributed by atoms with Crippen molar-refractivity contribution in [3.8, 4) is 5.75 Å². The molecule has 0 aliphatic rings. The number of thiazole rings is 1. The summed E-state index contributed by atoms with van der Waals surface area (Å²) in [4.78, 5) is 3.60. The normalized spacial score (nSPS) is 12.2. The van der Waals surface area contributed by atoms with Gasteiger partial charge in [0.25, 0.3) is 10.0 Å². The number of nitrogens with one attached hydrogen (secondary N) is 1. The van der Waals surface area contributed by atoms with Crippen LogP contribution in [0.25, 0.3) is 0 Å². The molecule has 114 valence electrons. The molecule has 5 nitrogen and oxygen atoms in total. The fraction of sp³-hybridized carbons (Fsp3) is 0.100. The summed E-state index contributed by atoms with van der Waals surface area (Å²) >= 11 is 6.30. The number of hydrogen-bond acceptors (Lipinski definition) is 5. The highest BCUT2D eigenvalue weighted by Gasteiger charge is 2.31. The molecule has 1 heterocycles. The molecule has 0 atom stereocenters. The Morgan fingerprint density at radius 3 is 2.33 bits per heavy atom. The fourth-order valence-electron chi connectivity index (χ4n) is 1.29. The van der Waals surface area contributed by atoms with Crippen molar-refractivity contribution in [2.75, 3.05) is 4.72 Å². The van der Waals surface area contributed by atoms with Crippen molar-refractivity contribution in [3.63, 3.8) is 0 Å². The first kappa shape index (κ1) is 15.9. The van der Waals surface area contributed by atoms with Gasteiger partial charge in [0.2, 0.25) is 0 Å². The molecule has 0 amide bonds. The lowest BCUT2D eigenvalue weighted by Crippen LogP contribution is -2.17. The molecule has 11 heteroatoms. The Balaban J connectivity index is 2.13. The summed E-state index contributed by atoms with van der Waals surface area (Å²) in [5.41, 5.74) is 0.0778. The van der Waals surface area contributed by atoms with Crippen LogP contribution < -0.4 is 9.46 Å². The Morgan fingerprint density at radius 2 is 1.86 bits per heavy atom. The Kier molecular flexibility index (Phi) is 4.30. The predicted octanol–water partition coefficient (Wildman–Crippen LogP) is 3.50. The van der Waals surface area contributed by atoms with Gasteiger partial charge < -0.3 is 4.74 Å². The van der Waals surface area contributed by atoms with Gasteiger partial charge in [-0.05, 0) is 24.3 Å². The van der Waals surface area contributed by atoms with Gasteiger partial charge in [-0.1, -0.05) is 22.9 Å². The molecule has 1 aromatic carbocycles. The van der Waals surface area contributed by atoms with Crippen LogP contribution in [0.3, 0.4) is 0 Å². The van der Waals surface area contributed by atoms with Crippen molar-refractivity contribution in [1.82, 2.24) is 4.98 Å². The number of anilines is 1. The molecule has 2 rings (SSSR count). The minimum Gasteiger partial charge on any atom is -0.406 e. The second kappa shape index (κ2) is 5.70. The molecular formula is C10H6ClF3N2O3S2. The molecule has 0 saturated heterocycles. The summed E-state index contributed by atoms with van der Waals surface area (Å²) in [6, 6.07) is 4.26. The number of rotatable bonds is 4. The average Bonchev–Trinajstić information content (AvgIpc) is 2.77. The number of nitrogens with zero attached hydrogens (tertiary/aromatic N) is 1. The third-order valence-electron chi connectivity index (χ3n) is 2.06. The van der Waals surface area contributed by atoms with E-state index in [1.165, 1.54) is 0 Å². The molecule has 0 fully saturated rings. The van der Waals surface area contributed by atoms with E-state index in [0.717, 1.165) is 41.8 Å². The number of ether oxygens (including phenoxy) is 1. The first-order valence-corrected chi connectivity index (χ1v) is 7.83. The maximum absolute atomic E-state index is 12.0.